The SMILES string of the molecule is CC(C)Cn1c(SCC(=O)Nc2ccc(Br)cc2)nc2cc(Cl)ccc2c1=O. The van der Waals surface area contributed by atoms with Gasteiger partial charge in [-0.25, -0.2) is 4.98 Å². The third-order valence-electron chi connectivity index (χ3n) is 3.89. The molecule has 0 unspecified atom stereocenters. The van der Waals surface area contributed by atoms with E-state index >= 15 is 0 Å². The van der Waals surface area contributed by atoms with Gasteiger partial charge in [-0.2, -0.15) is 0 Å². The molecule has 28 heavy (non-hydrogen) atoms. The van der Waals surface area contributed by atoms with E-state index in [1.54, 1.807) is 22.8 Å². The molecule has 1 heterocycles. The van der Waals surface area contributed by atoms with Crippen LogP contribution in [0.25, 0.3) is 10.9 Å². The van der Waals surface area contributed by atoms with Crippen LogP contribution in [-0.4, -0.2) is 21.2 Å². The van der Waals surface area contributed by atoms with Crippen molar-refractivity contribution in [3.63, 3.8) is 0 Å². The molecule has 1 N–H and O–H groups in total. The lowest BCUT2D eigenvalue weighted by atomic mass is 10.2. The van der Waals surface area contributed by atoms with E-state index in [0.29, 0.717) is 33.3 Å². The predicted molar refractivity (Wildman–Crippen MR) is 119 cm³/mol. The van der Waals surface area contributed by atoms with Crippen LogP contribution in [0.1, 0.15) is 13.8 Å². The number of benzene rings is 2. The number of amides is 1. The quantitative estimate of drug-likeness (QED) is 0.389. The minimum Gasteiger partial charge on any atom is -0.325 e. The zero-order valence-corrected chi connectivity index (χ0v) is 18.6. The molecule has 0 aliphatic heterocycles. The van der Waals surface area contributed by atoms with Crippen molar-refractivity contribution in [2.24, 2.45) is 5.92 Å². The first kappa shape index (κ1) is 20.9. The van der Waals surface area contributed by atoms with E-state index in [4.69, 9.17) is 11.6 Å². The standard InChI is InChI=1S/C20H19BrClN3O2S/c1-12(2)10-25-19(27)16-8-5-14(22)9-17(16)24-20(25)28-11-18(26)23-15-6-3-13(21)4-7-15/h3-9,12H,10-11H2,1-2H3,(H,23,26). The molecule has 146 valence electrons. The first-order valence-corrected chi connectivity index (χ1v) is 10.9. The average molecular weight is 481 g/mol. The molecule has 0 fully saturated rings. The molecule has 0 atom stereocenters. The van der Waals surface area contributed by atoms with E-state index < -0.39 is 0 Å². The number of fused-ring (bicyclic) bond motifs is 1. The van der Waals surface area contributed by atoms with E-state index in [9.17, 15) is 9.59 Å². The molecular formula is C20H19BrClN3O2S. The predicted octanol–water partition coefficient (Wildman–Crippen LogP) is 5.20. The normalized spacial score (nSPS) is 11.2. The lowest BCUT2D eigenvalue weighted by Gasteiger charge is -2.15. The number of nitrogens with one attached hydrogen (secondary N) is 1. The number of carbonyl (C=O) groups is 1. The highest BCUT2D eigenvalue weighted by Crippen LogP contribution is 2.22. The van der Waals surface area contributed by atoms with E-state index in [1.807, 2.05) is 38.1 Å². The number of thioether (sulfide) groups is 1. The summed E-state index contributed by atoms with van der Waals surface area (Å²) in [4.78, 5) is 29.8. The molecule has 0 radical (unpaired) electrons. The van der Waals surface area contributed by atoms with Crippen molar-refractivity contribution in [2.45, 2.75) is 25.5 Å². The monoisotopic (exact) mass is 479 g/mol. The molecule has 0 aliphatic carbocycles. The van der Waals surface area contributed by atoms with Gasteiger partial charge in [-0.05, 0) is 48.4 Å². The van der Waals surface area contributed by atoms with Crippen molar-refractivity contribution < 1.29 is 4.79 Å². The molecule has 1 aromatic heterocycles. The van der Waals surface area contributed by atoms with Gasteiger partial charge in [0.25, 0.3) is 5.56 Å². The summed E-state index contributed by atoms with van der Waals surface area (Å²) in [6.07, 6.45) is 0. The van der Waals surface area contributed by atoms with Gasteiger partial charge in [0.2, 0.25) is 5.91 Å². The fourth-order valence-electron chi connectivity index (χ4n) is 2.67. The Labute approximate surface area is 180 Å². The largest absolute Gasteiger partial charge is 0.325 e. The van der Waals surface area contributed by atoms with Crippen LogP contribution >= 0.6 is 39.3 Å². The van der Waals surface area contributed by atoms with Crippen molar-refractivity contribution in [3.05, 3.63) is 62.3 Å². The summed E-state index contributed by atoms with van der Waals surface area (Å²) < 4.78 is 2.58. The molecule has 2 aromatic carbocycles. The summed E-state index contributed by atoms with van der Waals surface area (Å²) in [5, 5.41) is 4.40. The Balaban J connectivity index is 1.84. The van der Waals surface area contributed by atoms with E-state index in [-0.39, 0.29) is 23.1 Å². The Hall–Kier alpha value is -1.83. The summed E-state index contributed by atoms with van der Waals surface area (Å²) in [5.74, 6) is 0.246. The summed E-state index contributed by atoms with van der Waals surface area (Å²) in [7, 11) is 0. The molecule has 0 spiro atoms. The Morgan fingerprint density at radius 3 is 2.64 bits per heavy atom. The highest BCUT2D eigenvalue weighted by Gasteiger charge is 2.15. The molecule has 0 saturated carbocycles. The van der Waals surface area contributed by atoms with Crippen molar-refractivity contribution in [1.82, 2.24) is 9.55 Å². The maximum Gasteiger partial charge on any atom is 0.262 e. The van der Waals surface area contributed by atoms with E-state index in [1.165, 1.54) is 11.8 Å². The third-order valence-corrected chi connectivity index (χ3v) is 5.63. The van der Waals surface area contributed by atoms with Crippen LogP contribution in [0.2, 0.25) is 5.02 Å². The van der Waals surface area contributed by atoms with Gasteiger partial charge in [-0.15, -0.1) is 0 Å². The summed E-state index contributed by atoms with van der Waals surface area (Å²) in [5.41, 5.74) is 1.13. The van der Waals surface area contributed by atoms with Gasteiger partial charge in [-0.3, -0.25) is 14.2 Å². The topological polar surface area (TPSA) is 64.0 Å². The van der Waals surface area contributed by atoms with Crippen LogP contribution in [-0.2, 0) is 11.3 Å². The summed E-state index contributed by atoms with van der Waals surface area (Å²) >= 11 is 10.7. The minimum absolute atomic E-state index is 0.119. The fraction of sp³-hybridized carbons (Fsp3) is 0.250. The number of carbonyl (C=O) groups excluding carboxylic acids is 1. The lowest BCUT2D eigenvalue weighted by Crippen LogP contribution is -2.26. The molecular weight excluding hydrogens is 462 g/mol. The summed E-state index contributed by atoms with van der Waals surface area (Å²) in [6.45, 7) is 4.60. The van der Waals surface area contributed by atoms with Crippen molar-refractivity contribution in [2.75, 3.05) is 11.1 Å². The van der Waals surface area contributed by atoms with Gasteiger partial charge in [-0.1, -0.05) is 53.1 Å². The van der Waals surface area contributed by atoms with E-state index in [2.05, 4.69) is 26.2 Å². The van der Waals surface area contributed by atoms with Gasteiger partial charge in [0.05, 0.1) is 16.7 Å². The smallest absolute Gasteiger partial charge is 0.262 e. The van der Waals surface area contributed by atoms with Crippen molar-refractivity contribution >= 4 is 61.8 Å². The van der Waals surface area contributed by atoms with Crippen LogP contribution in [0.4, 0.5) is 5.69 Å². The molecule has 1 amide bonds. The van der Waals surface area contributed by atoms with Crippen LogP contribution in [0, 0.1) is 5.92 Å². The van der Waals surface area contributed by atoms with Crippen LogP contribution in [0.15, 0.2) is 56.9 Å². The number of rotatable bonds is 6. The molecule has 3 rings (SSSR count). The Kier molecular flexibility index (Phi) is 6.80. The second-order valence-electron chi connectivity index (χ2n) is 6.71. The molecule has 0 aliphatic rings. The highest BCUT2D eigenvalue weighted by molar-refractivity contribution is 9.10. The minimum atomic E-state index is -0.163. The van der Waals surface area contributed by atoms with Gasteiger partial charge in [0.15, 0.2) is 5.16 Å². The van der Waals surface area contributed by atoms with Crippen LogP contribution in [0.5, 0.6) is 0 Å². The maximum absolute atomic E-state index is 12.9. The first-order chi connectivity index (χ1) is 13.3. The average Bonchev–Trinajstić information content (AvgIpc) is 2.64. The molecule has 8 heteroatoms. The first-order valence-electron chi connectivity index (χ1n) is 8.72. The highest BCUT2D eigenvalue weighted by atomic mass is 79.9. The van der Waals surface area contributed by atoms with Gasteiger partial charge in [0, 0.05) is 21.7 Å². The fourth-order valence-corrected chi connectivity index (χ4v) is 3.91. The van der Waals surface area contributed by atoms with Gasteiger partial charge in [0.1, 0.15) is 0 Å². The van der Waals surface area contributed by atoms with E-state index in [0.717, 1.165) is 4.47 Å². The molecule has 0 saturated heterocycles. The number of halogens is 2. The van der Waals surface area contributed by atoms with Gasteiger partial charge >= 0.3 is 0 Å². The molecule has 5 nitrogen and oxygen atoms in total. The zero-order valence-electron chi connectivity index (χ0n) is 15.4. The third kappa shape index (κ3) is 5.16. The van der Waals surface area contributed by atoms with Crippen LogP contribution < -0.4 is 10.9 Å². The molecule has 0 bridgehead atoms. The summed E-state index contributed by atoms with van der Waals surface area (Å²) in [6, 6.07) is 12.4. The number of hydrogen-bond donors (Lipinski definition) is 1. The lowest BCUT2D eigenvalue weighted by molar-refractivity contribution is -0.113. The maximum atomic E-state index is 12.9. The van der Waals surface area contributed by atoms with Crippen molar-refractivity contribution in [1.29, 1.82) is 0 Å². The number of anilines is 1. The Bertz CT molecular complexity index is 1070. The second kappa shape index (κ2) is 9.11. The van der Waals surface area contributed by atoms with Gasteiger partial charge < -0.3 is 5.32 Å². The number of nitrogens with zero attached hydrogens (tertiary/aromatic N) is 2. The second-order valence-corrected chi connectivity index (χ2v) is 9.00. The Morgan fingerprint density at radius 2 is 1.96 bits per heavy atom. The molecule has 3 aromatic rings. The number of aromatic nitrogens is 2. The Morgan fingerprint density at radius 1 is 1.25 bits per heavy atom. The van der Waals surface area contributed by atoms with Crippen LogP contribution in [0.3, 0.4) is 0 Å². The van der Waals surface area contributed by atoms with Crippen molar-refractivity contribution in [3.8, 4) is 0 Å². The number of hydrogen-bond acceptors (Lipinski definition) is 4. The zero-order chi connectivity index (χ0) is 20.3.